The maximum absolute atomic E-state index is 5.84. The number of nitrogens with zero attached hydrogens (tertiary/aromatic N) is 2. The molecule has 1 saturated carbocycles. The molecule has 0 amide bonds. The zero-order valence-corrected chi connectivity index (χ0v) is 18.4. The summed E-state index contributed by atoms with van der Waals surface area (Å²) >= 11 is 0. The van der Waals surface area contributed by atoms with Crippen molar-refractivity contribution in [2.45, 2.75) is 37.7 Å². The van der Waals surface area contributed by atoms with Gasteiger partial charge in [-0.25, -0.2) is 0 Å². The lowest BCUT2D eigenvalue weighted by Crippen LogP contribution is -2.49. The van der Waals surface area contributed by atoms with Crippen LogP contribution in [-0.2, 0) is 10.2 Å². The summed E-state index contributed by atoms with van der Waals surface area (Å²) in [6.45, 7) is 7.43. The van der Waals surface area contributed by atoms with E-state index in [0.717, 1.165) is 45.3 Å². The SMILES string of the molecule is CCNC(=NCC1(c2ccccc2)CCC1)NCC1CN(C)CCO1.I. The fourth-order valence-corrected chi connectivity index (χ4v) is 3.71. The standard InChI is InChI=1S/C20H32N4O.HI/c1-3-21-19(22-14-18-15-24(2)12-13-25-18)23-16-20(10-7-11-20)17-8-5-4-6-9-17;/h4-6,8-9,18H,3,7,10-16H2,1-2H3,(H2,21,22,23);1H. The first-order chi connectivity index (χ1) is 12.2. The van der Waals surface area contributed by atoms with Crippen LogP contribution in [0.5, 0.6) is 0 Å². The average Bonchev–Trinajstić information content (AvgIpc) is 2.59. The van der Waals surface area contributed by atoms with Gasteiger partial charge in [0.1, 0.15) is 0 Å². The fraction of sp³-hybridized carbons (Fsp3) is 0.650. The Morgan fingerprint density at radius 3 is 2.65 bits per heavy atom. The number of likely N-dealkylation sites (N-methyl/N-ethyl adjacent to an activating group) is 1. The smallest absolute Gasteiger partial charge is 0.191 e. The third kappa shape index (κ3) is 5.57. The monoisotopic (exact) mass is 472 g/mol. The number of guanidine groups is 1. The van der Waals surface area contributed by atoms with Crippen molar-refractivity contribution in [3.05, 3.63) is 35.9 Å². The summed E-state index contributed by atoms with van der Waals surface area (Å²) in [6, 6.07) is 10.9. The maximum atomic E-state index is 5.84. The van der Waals surface area contributed by atoms with Crippen molar-refractivity contribution < 1.29 is 4.74 Å². The lowest BCUT2D eigenvalue weighted by molar-refractivity contribution is -0.0161. The van der Waals surface area contributed by atoms with E-state index < -0.39 is 0 Å². The molecule has 146 valence electrons. The normalized spacial score (nSPS) is 22.8. The Labute approximate surface area is 175 Å². The van der Waals surface area contributed by atoms with Gasteiger partial charge in [-0.1, -0.05) is 36.8 Å². The van der Waals surface area contributed by atoms with Gasteiger partial charge in [0.25, 0.3) is 0 Å². The van der Waals surface area contributed by atoms with Crippen molar-refractivity contribution in [1.82, 2.24) is 15.5 Å². The van der Waals surface area contributed by atoms with Crippen LogP contribution in [0.2, 0.25) is 0 Å². The number of ether oxygens (including phenoxy) is 1. The molecular formula is C20H33IN4O. The number of hydrogen-bond acceptors (Lipinski definition) is 3. The first-order valence-corrected chi connectivity index (χ1v) is 9.60. The zero-order valence-electron chi connectivity index (χ0n) is 16.0. The van der Waals surface area contributed by atoms with Gasteiger partial charge in [0.2, 0.25) is 0 Å². The molecule has 1 atom stereocenters. The molecule has 6 heteroatoms. The molecule has 1 aliphatic carbocycles. The lowest BCUT2D eigenvalue weighted by Gasteiger charge is -2.41. The van der Waals surface area contributed by atoms with Crippen LogP contribution < -0.4 is 10.6 Å². The minimum Gasteiger partial charge on any atom is -0.374 e. The number of benzene rings is 1. The molecule has 2 aliphatic rings. The van der Waals surface area contributed by atoms with E-state index in [1.165, 1.54) is 24.8 Å². The van der Waals surface area contributed by atoms with Gasteiger partial charge in [-0.3, -0.25) is 4.99 Å². The molecule has 3 rings (SSSR count). The number of rotatable bonds is 6. The maximum Gasteiger partial charge on any atom is 0.191 e. The van der Waals surface area contributed by atoms with Crippen LogP contribution in [0, 0.1) is 0 Å². The van der Waals surface area contributed by atoms with E-state index in [-0.39, 0.29) is 35.5 Å². The van der Waals surface area contributed by atoms with Crippen molar-refractivity contribution in [2.75, 3.05) is 46.4 Å². The largest absolute Gasteiger partial charge is 0.374 e. The third-order valence-electron chi connectivity index (χ3n) is 5.42. The predicted octanol–water partition coefficient (Wildman–Crippen LogP) is 2.61. The van der Waals surface area contributed by atoms with Gasteiger partial charge in [0.05, 0.1) is 19.3 Å². The molecule has 0 spiro atoms. The molecule has 1 saturated heterocycles. The van der Waals surface area contributed by atoms with Crippen LogP contribution >= 0.6 is 24.0 Å². The number of halogens is 1. The summed E-state index contributed by atoms with van der Waals surface area (Å²) in [5.41, 5.74) is 1.66. The zero-order chi connectivity index (χ0) is 17.5. The highest BCUT2D eigenvalue weighted by molar-refractivity contribution is 14.0. The fourth-order valence-electron chi connectivity index (χ4n) is 3.71. The Morgan fingerprint density at radius 2 is 2.04 bits per heavy atom. The Morgan fingerprint density at radius 1 is 1.27 bits per heavy atom. The number of hydrogen-bond donors (Lipinski definition) is 2. The topological polar surface area (TPSA) is 48.9 Å². The highest BCUT2D eigenvalue weighted by Gasteiger charge is 2.38. The van der Waals surface area contributed by atoms with E-state index in [9.17, 15) is 0 Å². The summed E-state index contributed by atoms with van der Waals surface area (Å²) in [5, 5.41) is 6.85. The Bertz CT molecular complexity index is 562. The third-order valence-corrected chi connectivity index (χ3v) is 5.42. The highest BCUT2D eigenvalue weighted by Crippen LogP contribution is 2.43. The summed E-state index contributed by atoms with van der Waals surface area (Å²) in [4.78, 5) is 7.23. The number of aliphatic imine (C=N–C) groups is 1. The van der Waals surface area contributed by atoms with Crippen LogP contribution in [0.3, 0.4) is 0 Å². The van der Waals surface area contributed by atoms with Crippen molar-refractivity contribution in [2.24, 2.45) is 4.99 Å². The van der Waals surface area contributed by atoms with Gasteiger partial charge in [-0.05, 0) is 32.4 Å². The first kappa shape index (κ1) is 21.4. The minimum atomic E-state index is 0. The quantitative estimate of drug-likeness (QED) is 0.380. The first-order valence-electron chi connectivity index (χ1n) is 9.60. The molecule has 1 heterocycles. The second-order valence-corrected chi connectivity index (χ2v) is 7.33. The number of nitrogens with one attached hydrogen (secondary N) is 2. The van der Waals surface area contributed by atoms with E-state index in [1.54, 1.807) is 0 Å². The van der Waals surface area contributed by atoms with Gasteiger partial charge in [0.15, 0.2) is 5.96 Å². The van der Waals surface area contributed by atoms with Crippen LogP contribution in [0.1, 0.15) is 31.7 Å². The molecule has 2 fully saturated rings. The van der Waals surface area contributed by atoms with Gasteiger partial charge < -0.3 is 20.3 Å². The summed E-state index contributed by atoms with van der Waals surface area (Å²) in [5.74, 6) is 0.904. The Kier molecular flexibility index (Phi) is 8.63. The van der Waals surface area contributed by atoms with Crippen LogP contribution in [0.25, 0.3) is 0 Å². The predicted molar refractivity (Wildman–Crippen MR) is 119 cm³/mol. The molecule has 1 aromatic carbocycles. The molecule has 0 bridgehead atoms. The highest BCUT2D eigenvalue weighted by atomic mass is 127. The molecule has 26 heavy (non-hydrogen) atoms. The molecule has 1 aromatic rings. The van der Waals surface area contributed by atoms with Crippen molar-refractivity contribution in [1.29, 1.82) is 0 Å². The second kappa shape index (κ2) is 10.5. The lowest BCUT2D eigenvalue weighted by atomic mass is 9.64. The molecule has 1 aliphatic heterocycles. The number of morpholine rings is 1. The van der Waals surface area contributed by atoms with E-state index in [2.05, 4.69) is 59.8 Å². The Balaban J connectivity index is 0.00000243. The second-order valence-electron chi connectivity index (χ2n) is 7.33. The van der Waals surface area contributed by atoms with Gasteiger partial charge in [-0.2, -0.15) is 0 Å². The van der Waals surface area contributed by atoms with E-state index >= 15 is 0 Å². The van der Waals surface area contributed by atoms with Crippen molar-refractivity contribution >= 4 is 29.9 Å². The molecule has 1 unspecified atom stereocenters. The molecule has 0 aromatic heterocycles. The van der Waals surface area contributed by atoms with E-state index in [4.69, 9.17) is 9.73 Å². The van der Waals surface area contributed by atoms with Gasteiger partial charge in [-0.15, -0.1) is 24.0 Å². The Hall–Kier alpha value is -0.860. The van der Waals surface area contributed by atoms with Crippen molar-refractivity contribution in [3.63, 3.8) is 0 Å². The summed E-state index contributed by atoms with van der Waals surface area (Å²) in [7, 11) is 2.15. The molecule has 2 N–H and O–H groups in total. The van der Waals surface area contributed by atoms with E-state index in [0.29, 0.717) is 0 Å². The van der Waals surface area contributed by atoms with Crippen LogP contribution in [0.15, 0.2) is 35.3 Å². The van der Waals surface area contributed by atoms with Gasteiger partial charge in [0, 0.05) is 31.6 Å². The minimum absolute atomic E-state index is 0. The van der Waals surface area contributed by atoms with Crippen LogP contribution in [0.4, 0.5) is 0 Å². The molecule has 0 radical (unpaired) electrons. The molecular weight excluding hydrogens is 439 g/mol. The summed E-state index contributed by atoms with van der Waals surface area (Å²) < 4.78 is 5.84. The van der Waals surface area contributed by atoms with Crippen molar-refractivity contribution in [3.8, 4) is 0 Å². The average molecular weight is 472 g/mol. The molecule has 5 nitrogen and oxygen atoms in total. The van der Waals surface area contributed by atoms with E-state index in [1.807, 2.05) is 0 Å². The van der Waals surface area contributed by atoms with Crippen LogP contribution in [-0.4, -0.2) is 63.3 Å². The van der Waals surface area contributed by atoms with Gasteiger partial charge >= 0.3 is 0 Å². The summed E-state index contributed by atoms with van der Waals surface area (Å²) in [6.07, 6.45) is 4.00.